The van der Waals surface area contributed by atoms with E-state index in [4.69, 9.17) is 8.83 Å². The molecule has 0 spiro atoms. The van der Waals surface area contributed by atoms with Crippen molar-refractivity contribution in [1.29, 1.82) is 0 Å². The number of para-hydroxylation sites is 1. The second-order valence-electron chi connectivity index (χ2n) is 4.51. The van der Waals surface area contributed by atoms with Crippen LogP contribution in [0.15, 0.2) is 62.8 Å². The zero-order valence-corrected chi connectivity index (χ0v) is 13.1. The number of hydrogen-bond donors (Lipinski definition) is 2. The lowest BCUT2D eigenvalue weighted by Gasteiger charge is -2.05. The van der Waals surface area contributed by atoms with E-state index in [0.717, 1.165) is 11.8 Å². The molecule has 8 nitrogen and oxygen atoms in total. The molecule has 0 aliphatic carbocycles. The number of anilines is 1. The molecule has 3 aromatic rings. The first-order valence-electron chi connectivity index (χ1n) is 6.87. The number of benzene rings is 1. The maximum Gasteiger partial charge on any atom is 0.325 e. The van der Waals surface area contributed by atoms with Gasteiger partial charge >= 0.3 is 6.03 Å². The lowest BCUT2D eigenvalue weighted by atomic mass is 10.3. The molecule has 2 N–H and O–H groups in total. The van der Waals surface area contributed by atoms with Gasteiger partial charge in [-0.2, -0.15) is 0 Å². The van der Waals surface area contributed by atoms with Crippen molar-refractivity contribution in [2.45, 2.75) is 5.22 Å². The summed E-state index contributed by atoms with van der Waals surface area (Å²) in [5.41, 5.74) is 0.593. The van der Waals surface area contributed by atoms with E-state index in [1.165, 1.54) is 6.26 Å². The Morgan fingerprint density at radius 3 is 2.67 bits per heavy atom. The van der Waals surface area contributed by atoms with E-state index in [9.17, 15) is 9.59 Å². The average Bonchev–Trinajstić information content (AvgIpc) is 3.25. The molecule has 3 amide bonds. The summed E-state index contributed by atoms with van der Waals surface area (Å²) in [5, 5.41) is 12.6. The maximum atomic E-state index is 11.8. The smallest absolute Gasteiger partial charge is 0.325 e. The van der Waals surface area contributed by atoms with Gasteiger partial charge in [0.1, 0.15) is 0 Å². The Morgan fingerprint density at radius 1 is 1.08 bits per heavy atom. The molecular formula is C15H12N4O4S. The largest absolute Gasteiger partial charge is 0.459 e. The first kappa shape index (κ1) is 15.8. The van der Waals surface area contributed by atoms with Gasteiger partial charge in [0.05, 0.1) is 12.0 Å². The third kappa shape index (κ3) is 4.23. The Kier molecular flexibility index (Phi) is 4.92. The third-order valence-corrected chi connectivity index (χ3v) is 3.57. The van der Waals surface area contributed by atoms with E-state index in [2.05, 4.69) is 20.8 Å². The molecular weight excluding hydrogens is 332 g/mol. The molecule has 0 aliphatic heterocycles. The molecule has 0 saturated carbocycles. The number of amides is 3. The van der Waals surface area contributed by atoms with E-state index in [1.54, 1.807) is 36.4 Å². The number of aromatic nitrogens is 2. The first-order valence-corrected chi connectivity index (χ1v) is 7.85. The average molecular weight is 344 g/mol. The second-order valence-corrected chi connectivity index (χ2v) is 5.43. The SMILES string of the molecule is O=C(CSc1nnc(-c2ccco2)o1)NC(=O)Nc1ccccc1. The number of hydrogen-bond acceptors (Lipinski definition) is 7. The highest BCUT2D eigenvalue weighted by Crippen LogP contribution is 2.23. The van der Waals surface area contributed by atoms with Crippen LogP contribution in [0, 0.1) is 0 Å². The number of carbonyl (C=O) groups is 2. The van der Waals surface area contributed by atoms with E-state index in [-0.39, 0.29) is 16.9 Å². The van der Waals surface area contributed by atoms with E-state index < -0.39 is 11.9 Å². The summed E-state index contributed by atoms with van der Waals surface area (Å²) in [6.07, 6.45) is 1.49. The van der Waals surface area contributed by atoms with Crippen molar-refractivity contribution >= 4 is 29.4 Å². The van der Waals surface area contributed by atoms with Gasteiger partial charge in [-0.05, 0) is 24.3 Å². The van der Waals surface area contributed by atoms with Crippen LogP contribution in [0.4, 0.5) is 10.5 Å². The van der Waals surface area contributed by atoms with Crippen LogP contribution in [0.5, 0.6) is 0 Å². The highest BCUT2D eigenvalue weighted by molar-refractivity contribution is 7.99. The van der Waals surface area contributed by atoms with Gasteiger partial charge in [-0.1, -0.05) is 30.0 Å². The van der Waals surface area contributed by atoms with E-state index in [1.807, 2.05) is 6.07 Å². The molecule has 2 aromatic heterocycles. The molecule has 9 heteroatoms. The van der Waals surface area contributed by atoms with Crippen molar-refractivity contribution in [3.8, 4) is 11.7 Å². The first-order chi connectivity index (χ1) is 11.7. The quantitative estimate of drug-likeness (QED) is 0.685. The number of furan rings is 1. The number of imide groups is 1. The van der Waals surface area contributed by atoms with Crippen LogP contribution in [0.1, 0.15) is 0 Å². The topological polar surface area (TPSA) is 110 Å². The van der Waals surface area contributed by atoms with Gasteiger partial charge in [0.15, 0.2) is 5.76 Å². The van der Waals surface area contributed by atoms with Crippen molar-refractivity contribution in [3.05, 3.63) is 48.7 Å². The maximum absolute atomic E-state index is 11.8. The zero-order chi connectivity index (χ0) is 16.8. The molecule has 1 aromatic carbocycles. The number of urea groups is 1. The molecule has 0 fully saturated rings. The Morgan fingerprint density at radius 2 is 1.92 bits per heavy atom. The fraction of sp³-hybridized carbons (Fsp3) is 0.0667. The van der Waals surface area contributed by atoms with Gasteiger partial charge < -0.3 is 14.2 Å². The van der Waals surface area contributed by atoms with Gasteiger partial charge in [0.25, 0.3) is 11.1 Å². The van der Waals surface area contributed by atoms with Crippen molar-refractivity contribution in [3.63, 3.8) is 0 Å². The highest BCUT2D eigenvalue weighted by Gasteiger charge is 2.14. The van der Waals surface area contributed by atoms with Crippen molar-refractivity contribution < 1.29 is 18.4 Å². The van der Waals surface area contributed by atoms with Crippen LogP contribution in [-0.4, -0.2) is 27.9 Å². The predicted molar refractivity (Wildman–Crippen MR) is 86.3 cm³/mol. The fourth-order valence-corrected chi connectivity index (χ4v) is 2.30. The molecule has 0 unspecified atom stereocenters. The lowest BCUT2D eigenvalue weighted by molar-refractivity contribution is -0.117. The minimum Gasteiger partial charge on any atom is -0.459 e. The molecule has 2 heterocycles. The number of carbonyl (C=O) groups excluding carboxylic acids is 2. The molecule has 0 aliphatic rings. The highest BCUT2D eigenvalue weighted by atomic mass is 32.2. The summed E-state index contributed by atoms with van der Waals surface area (Å²) in [6, 6.07) is 11.6. The summed E-state index contributed by atoms with van der Waals surface area (Å²) in [7, 11) is 0. The summed E-state index contributed by atoms with van der Waals surface area (Å²) in [4.78, 5) is 23.4. The lowest BCUT2D eigenvalue weighted by Crippen LogP contribution is -2.35. The van der Waals surface area contributed by atoms with Crippen LogP contribution >= 0.6 is 11.8 Å². The number of thioether (sulfide) groups is 1. The molecule has 0 atom stereocenters. The monoisotopic (exact) mass is 344 g/mol. The molecule has 0 radical (unpaired) electrons. The van der Waals surface area contributed by atoms with Gasteiger partial charge in [-0.15, -0.1) is 10.2 Å². The molecule has 24 heavy (non-hydrogen) atoms. The number of rotatable bonds is 5. The van der Waals surface area contributed by atoms with Crippen molar-refractivity contribution in [2.75, 3.05) is 11.1 Å². The summed E-state index contributed by atoms with van der Waals surface area (Å²) in [6.45, 7) is 0. The minimum absolute atomic E-state index is 0.0397. The standard InChI is InChI=1S/C15H12N4O4S/c20-12(17-14(21)16-10-5-2-1-3-6-10)9-24-15-19-18-13(23-15)11-7-4-8-22-11/h1-8H,9H2,(H2,16,17,20,21). The van der Waals surface area contributed by atoms with Crippen LogP contribution < -0.4 is 10.6 Å². The second kappa shape index (κ2) is 7.47. The van der Waals surface area contributed by atoms with Gasteiger partial charge in [0, 0.05) is 5.69 Å². The Bertz CT molecular complexity index is 817. The third-order valence-electron chi connectivity index (χ3n) is 2.75. The zero-order valence-electron chi connectivity index (χ0n) is 12.3. The van der Waals surface area contributed by atoms with Crippen molar-refractivity contribution in [1.82, 2.24) is 15.5 Å². The number of nitrogens with one attached hydrogen (secondary N) is 2. The fourth-order valence-electron chi connectivity index (χ4n) is 1.74. The van der Waals surface area contributed by atoms with E-state index >= 15 is 0 Å². The Labute approximate surface area is 140 Å². The van der Waals surface area contributed by atoms with Gasteiger partial charge in [0.2, 0.25) is 5.91 Å². The summed E-state index contributed by atoms with van der Waals surface area (Å²) in [5.74, 6) is 0.152. The van der Waals surface area contributed by atoms with Gasteiger partial charge in [-0.25, -0.2) is 4.79 Å². The number of nitrogens with zero attached hydrogens (tertiary/aromatic N) is 2. The Hall–Kier alpha value is -3.07. The van der Waals surface area contributed by atoms with Crippen LogP contribution in [-0.2, 0) is 4.79 Å². The van der Waals surface area contributed by atoms with Crippen LogP contribution in [0.3, 0.4) is 0 Å². The molecule has 122 valence electrons. The molecule has 3 rings (SSSR count). The van der Waals surface area contributed by atoms with E-state index in [0.29, 0.717) is 11.4 Å². The predicted octanol–water partition coefficient (Wildman–Crippen LogP) is 2.77. The minimum atomic E-state index is -0.603. The molecule has 0 saturated heterocycles. The van der Waals surface area contributed by atoms with Crippen molar-refractivity contribution in [2.24, 2.45) is 0 Å². The Balaban J connectivity index is 1.46. The van der Waals surface area contributed by atoms with Gasteiger partial charge in [-0.3, -0.25) is 10.1 Å². The molecule has 0 bridgehead atoms. The van der Waals surface area contributed by atoms with Crippen LogP contribution in [0.2, 0.25) is 0 Å². The normalized spacial score (nSPS) is 10.3. The van der Waals surface area contributed by atoms with Crippen LogP contribution in [0.25, 0.3) is 11.7 Å². The summed E-state index contributed by atoms with van der Waals surface area (Å²) < 4.78 is 10.5. The summed E-state index contributed by atoms with van der Waals surface area (Å²) >= 11 is 1.02.